The summed E-state index contributed by atoms with van der Waals surface area (Å²) < 4.78 is 4.25. The minimum absolute atomic E-state index is 0. The quantitative estimate of drug-likeness (QED) is 0.465. The standard InChI is InChI=1S/C9H16.C6H12.C2H6O.3CH4/c1-7-3-9(4-7)5-8(2)6-9;1-5-3-6(2)4-5;1-3-2;;;/h7-8H,3-6H2,1-2H3;5-6H,3-4H2,1-2H3;1-2H3;3*1H4. The molecule has 3 rings (SSSR count). The average Bonchev–Trinajstić information content (AvgIpc) is 2.13. The fourth-order valence-corrected chi connectivity index (χ4v) is 4.48. The van der Waals surface area contributed by atoms with Crippen molar-refractivity contribution in [2.45, 2.75) is 88.5 Å². The molecule has 0 amide bonds. The molecule has 132 valence electrons. The molecule has 0 radical (unpaired) electrons. The fraction of sp³-hybridized carbons (Fsp3) is 1.00. The van der Waals surface area contributed by atoms with Crippen LogP contribution >= 0.6 is 0 Å². The van der Waals surface area contributed by atoms with Crippen LogP contribution < -0.4 is 0 Å². The third kappa shape index (κ3) is 8.24. The van der Waals surface area contributed by atoms with Crippen molar-refractivity contribution in [2.24, 2.45) is 29.1 Å². The van der Waals surface area contributed by atoms with Gasteiger partial charge in [-0.2, -0.15) is 0 Å². The van der Waals surface area contributed by atoms with Crippen LogP contribution in [0.5, 0.6) is 0 Å². The Hall–Kier alpha value is -0.0400. The summed E-state index contributed by atoms with van der Waals surface area (Å²) in [7, 11) is 3.25. The molecule has 0 atom stereocenters. The van der Waals surface area contributed by atoms with Gasteiger partial charge in [0.05, 0.1) is 0 Å². The molecule has 3 fully saturated rings. The third-order valence-corrected chi connectivity index (χ3v) is 4.74. The lowest BCUT2D eigenvalue weighted by Gasteiger charge is -2.56. The fourth-order valence-electron chi connectivity index (χ4n) is 4.48. The lowest BCUT2D eigenvalue weighted by Crippen LogP contribution is -2.45. The summed E-state index contributed by atoms with van der Waals surface area (Å²) in [4.78, 5) is 0. The number of methoxy groups -OCH3 is 1. The van der Waals surface area contributed by atoms with Gasteiger partial charge in [0.1, 0.15) is 0 Å². The topological polar surface area (TPSA) is 9.23 Å². The van der Waals surface area contributed by atoms with Crippen LogP contribution in [0, 0.1) is 29.1 Å². The summed E-state index contributed by atoms with van der Waals surface area (Å²) in [6.07, 6.45) is 9.10. The maximum Gasteiger partial charge on any atom is 0.0351 e. The monoisotopic (exact) mass is 302 g/mol. The van der Waals surface area contributed by atoms with Crippen molar-refractivity contribution in [3.8, 4) is 0 Å². The van der Waals surface area contributed by atoms with Gasteiger partial charge in [-0.15, -0.1) is 0 Å². The Balaban J connectivity index is -0.000000242. The first-order chi connectivity index (χ1) is 8.40. The van der Waals surface area contributed by atoms with E-state index in [-0.39, 0.29) is 22.3 Å². The van der Waals surface area contributed by atoms with Crippen molar-refractivity contribution in [1.29, 1.82) is 0 Å². The molecule has 3 aliphatic carbocycles. The molecular weight excluding hydrogens is 256 g/mol. The van der Waals surface area contributed by atoms with E-state index in [0.29, 0.717) is 0 Å². The van der Waals surface area contributed by atoms with Crippen molar-refractivity contribution < 1.29 is 4.74 Å². The minimum atomic E-state index is 0. The van der Waals surface area contributed by atoms with Gasteiger partial charge in [-0.25, -0.2) is 0 Å². The summed E-state index contributed by atoms with van der Waals surface area (Å²) >= 11 is 0. The smallest absolute Gasteiger partial charge is 0.0351 e. The average molecular weight is 303 g/mol. The van der Waals surface area contributed by atoms with Gasteiger partial charge in [-0.1, -0.05) is 50.0 Å². The van der Waals surface area contributed by atoms with Crippen LogP contribution in [0.1, 0.15) is 88.5 Å². The summed E-state index contributed by atoms with van der Waals surface area (Å²) in [5.41, 5.74) is 0.888. The molecule has 21 heavy (non-hydrogen) atoms. The Bertz CT molecular complexity index is 192. The molecule has 3 saturated carbocycles. The van der Waals surface area contributed by atoms with E-state index >= 15 is 0 Å². The van der Waals surface area contributed by atoms with Crippen LogP contribution in [0.3, 0.4) is 0 Å². The zero-order valence-corrected chi connectivity index (χ0v) is 13.5. The number of hydrogen-bond donors (Lipinski definition) is 0. The molecule has 0 bridgehead atoms. The maximum atomic E-state index is 4.25. The first-order valence-corrected chi connectivity index (χ1v) is 7.81. The van der Waals surface area contributed by atoms with E-state index < -0.39 is 0 Å². The Morgan fingerprint density at radius 2 is 0.857 bits per heavy atom. The van der Waals surface area contributed by atoms with Gasteiger partial charge in [0, 0.05) is 14.2 Å². The Morgan fingerprint density at radius 3 is 0.952 bits per heavy atom. The van der Waals surface area contributed by atoms with Crippen molar-refractivity contribution in [3.05, 3.63) is 0 Å². The highest BCUT2D eigenvalue weighted by Gasteiger charge is 2.49. The molecule has 0 heterocycles. The normalized spacial score (nSPS) is 38.0. The Labute approximate surface area is 137 Å². The lowest BCUT2D eigenvalue weighted by molar-refractivity contribution is -0.0549. The molecule has 0 N–H and O–H groups in total. The maximum absolute atomic E-state index is 4.25. The molecule has 3 aliphatic rings. The van der Waals surface area contributed by atoms with Gasteiger partial charge in [-0.3, -0.25) is 0 Å². The predicted molar refractivity (Wildman–Crippen MR) is 99.9 cm³/mol. The van der Waals surface area contributed by atoms with Crippen LogP contribution in [0.4, 0.5) is 0 Å². The molecule has 0 aromatic carbocycles. The second-order valence-electron chi connectivity index (χ2n) is 7.62. The largest absolute Gasteiger partial charge is 0.388 e. The van der Waals surface area contributed by atoms with E-state index in [2.05, 4.69) is 32.4 Å². The number of hydrogen-bond acceptors (Lipinski definition) is 1. The second-order valence-corrected chi connectivity index (χ2v) is 7.62. The minimum Gasteiger partial charge on any atom is -0.388 e. The van der Waals surface area contributed by atoms with Crippen LogP contribution in [0.2, 0.25) is 0 Å². The van der Waals surface area contributed by atoms with Crippen LogP contribution in [0.25, 0.3) is 0 Å². The van der Waals surface area contributed by atoms with Crippen LogP contribution in [-0.2, 0) is 4.74 Å². The van der Waals surface area contributed by atoms with E-state index in [0.717, 1.165) is 29.1 Å². The summed E-state index contributed by atoms with van der Waals surface area (Å²) in [6.45, 7) is 9.41. The molecule has 0 aromatic heterocycles. The van der Waals surface area contributed by atoms with Gasteiger partial charge in [-0.05, 0) is 67.6 Å². The molecule has 0 aliphatic heterocycles. The van der Waals surface area contributed by atoms with Crippen molar-refractivity contribution in [1.82, 2.24) is 0 Å². The third-order valence-electron chi connectivity index (χ3n) is 4.74. The first-order valence-electron chi connectivity index (χ1n) is 7.81. The predicted octanol–water partition coefficient (Wildman–Crippen LogP) is 7.06. The van der Waals surface area contributed by atoms with E-state index in [1.807, 2.05) is 0 Å². The zero-order chi connectivity index (χ0) is 13.8. The number of ether oxygens (including phenoxy) is 1. The van der Waals surface area contributed by atoms with E-state index in [1.54, 1.807) is 14.2 Å². The van der Waals surface area contributed by atoms with Gasteiger partial charge >= 0.3 is 0 Å². The van der Waals surface area contributed by atoms with Gasteiger partial charge in [0.25, 0.3) is 0 Å². The highest BCUT2D eigenvalue weighted by Crippen LogP contribution is 2.60. The van der Waals surface area contributed by atoms with Crippen molar-refractivity contribution in [3.63, 3.8) is 0 Å². The summed E-state index contributed by atoms with van der Waals surface area (Å²) in [5, 5.41) is 0. The molecular formula is C20H46O. The zero-order valence-electron chi connectivity index (χ0n) is 13.5. The second kappa shape index (κ2) is 11.5. The Kier molecular flexibility index (Phi) is 14.2. The lowest BCUT2D eigenvalue weighted by atomic mass is 9.49. The summed E-state index contributed by atoms with van der Waals surface area (Å²) in [6, 6.07) is 0. The van der Waals surface area contributed by atoms with Crippen LogP contribution in [0.15, 0.2) is 0 Å². The van der Waals surface area contributed by atoms with E-state index in [9.17, 15) is 0 Å². The highest BCUT2D eigenvalue weighted by molar-refractivity contribution is 5.00. The first kappa shape index (κ1) is 25.9. The van der Waals surface area contributed by atoms with E-state index in [4.69, 9.17) is 0 Å². The molecule has 0 aromatic rings. The molecule has 1 spiro atoms. The van der Waals surface area contributed by atoms with Gasteiger partial charge < -0.3 is 4.74 Å². The van der Waals surface area contributed by atoms with Crippen molar-refractivity contribution >= 4 is 0 Å². The number of rotatable bonds is 0. The molecule has 0 unspecified atom stereocenters. The van der Waals surface area contributed by atoms with Crippen LogP contribution in [-0.4, -0.2) is 14.2 Å². The van der Waals surface area contributed by atoms with Gasteiger partial charge in [0.2, 0.25) is 0 Å². The highest BCUT2D eigenvalue weighted by atomic mass is 16.4. The van der Waals surface area contributed by atoms with E-state index in [1.165, 1.54) is 38.5 Å². The molecule has 1 nitrogen and oxygen atoms in total. The Morgan fingerprint density at radius 1 is 0.619 bits per heavy atom. The molecule has 0 saturated heterocycles. The SMILES string of the molecule is C.C.C.CC1CC(C)C1.CC1CC2(C1)CC(C)C2.COC. The van der Waals surface area contributed by atoms with Crippen molar-refractivity contribution in [2.75, 3.05) is 14.2 Å². The molecule has 1 heteroatoms. The van der Waals surface area contributed by atoms with Gasteiger partial charge in [0.15, 0.2) is 0 Å². The summed E-state index contributed by atoms with van der Waals surface area (Å²) in [5.74, 6) is 4.19.